The van der Waals surface area contributed by atoms with Crippen molar-refractivity contribution in [3.05, 3.63) is 71.8 Å². The highest BCUT2D eigenvalue weighted by Crippen LogP contribution is 2.06. The van der Waals surface area contributed by atoms with Gasteiger partial charge in [0.1, 0.15) is 6.04 Å². The van der Waals surface area contributed by atoms with Crippen molar-refractivity contribution in [2.24, 2.45) is 0 Å². The Labute approximate surface area is 130 Å². The lowest BCUT2D eigenvalue weighted by molar-refractivity contribution is -0.145. The number of nitrogens with one attached hydrogen (secondary N) is 1. The summed E-state index contributed by atoms with van der Waals surface area (Å²) < 4.78 is 4.78. The molecule has 0 aliphatic heterocycles. The fourth-order valence-corrected chi connectivity index (χ4v) is 2.21. The zero-order valence-electron chi connectivity index (χ0n) is 12.5. The van der Waals surface area contributed by atoms with Crippen molar-refractivity contribution in [3.8, 4) is 0 Å². The first-order chi connectivity index (χ1) is 10.7. The lowest BCUT2D eigenvalue weighted by Gasteiger charge is -2.16. The summed E-state index contributed by atoms with van der Waals surface area (Å²) >= 11 is 0. The number of carbonyl (C=O) groups is 2. The molecule has 2 aromatic rings. The molecule has 0 saturated carbocycles. The van der Waals surface area contributed by atoms with E-state index in [1.165, 1.54) is 7.11 Å². The van der Waals surface area contributed by atoms with Crippen molar-refractivity contribution in [2.45, 2.75) is 18.9 Å². The van der Waals surface area contributed by atoms with Crippen LogP contribution >= 0.6 is 0 Å². The highest BCUT2D eigenvalue weighted by Gasteiger charge is 2.21. The second kappa shape index (κ2) is 7.98. The van der Waals surface area contributed by atoms with Crippen molar-refractivity contribution in [2.75, 3.05) is 7.11 Å². The molecule has 0 heterocycles. The molecule has 2 aromatic carbocycles. The van der Waals surface area contributed by atoms with Gasteiger partial charge in [0.2, 0.25) is 5.91 Å². The van der Waals surface area contributed by atoms with E-state index < -0.39 is 12.0 Å². The van der Waals surface area contributed by atoms with E-state index in [-0.39, 0.29) is 12.3 Å². The van der Waals surface area contributed by atoms with Gasteiger partial charge in [-0.2, -0.15) is 0 Å². The molecule has 4 nitrogen and oxygen atoms in total. The van der Waals surface area contributed by atoms with Crippen LogP contribution in [-0.2, 0) is 27.2 Å². The molecule has 2 rings (SSSR count). The third-order valence-corrected chi connectivity index (χ3v) is 3.31. The fraction of sp³-hybridized carbons (Fsp3) is 0.222. The Hall–Kier alpha value is -2.62. The maximum Gasteiger partial charge on any atom is 0.328 e. The summed E-state index contributed by atoms with van der Waals surface area (Å²) in [4.78, 5) is 24.0. The van der Waals surface area contributed by atoms with Crippen molar-refractivity contribution in [1.29, 1.82) is 0 Å². The minimum atomic E-state index is -0.677. The van der Waals surface area contributed by atoms with Crippen LogP contribution in [0.15, 0.2) is 60.7 Å². The number of esters is 1. The molecule has 0 aromatic heterocycles. The summed E-state index contributed by atoms with van der Waals surface area (Å²) in [5.74, 6) is -0.636. The molecule has 4 heteroatoms. The van der Waals surface area contributed by atoms with Crippen LogP contribution in [0.5, 0.6) is 0 Å². The molecular formula is C18H19NO3. The van der Waals surface area contributed by atoms with E-state index >= 15 is 0 Å². The van der Waals surface area contributed by atoms with Gasteiger partial charge in [-0.05, 0) is 11.1 Å². The molecule has 0 fully saturated rings. The first kappa shape index (κ1) is 15.8. The van der Waals surface area contributed by atoms with Gasteiger partial charge in [0, 0.05) is 6.42 Å². The van der Waals surface area contributed by atoms with Crippen LogP contribution in [0.3, 0.4) is 0 Å². The summed E-state index contributed by atoms with van der Waals surface area (Å²) in [6.45, 7) is 0. The van der Waals surface area contributed by atoms with Gasteiger partial charge in [0.25, 0.3) is 0 Å². The quantitative estimate of drug-likeness (QED) is 0.831. The average molecular weight is 297 g/mol. The SMILES string of the molecule is COC(=O)[C@@H](Cc1ccccc1)NC(=O)Cc1ccccc1. The van der Waals surface area contributed by atoms with Gasteiger partial charge in [-0.25, -0.2) is 4.79 Å². The number of hydrogen-bond donors (Lipinski definition) is 1. The lowest BCUT2D eigenvalue weighted by atomic mass is 10.1. The molecule has 114 valence electrons. The van der Waals surface area contributed by atoms with Crippen LogP contribution in [0.2, 0.25) is 0 Å². The smallest absolute Gasteiger partial charge is 0.328 e. The van der Waals surface area contributed by atoms with Crippen molar-refractivity contribution < 1.29 is 14.3 Å². The van der Waals surface area contributed by atoms with Gasteiger partial charge in [-0.3, -0.25) is 4.79 Å². The number of ether oxygens (including phenoxy) is 1. The first-order valence-corrected chi connectivity index (χ1v) is 7.14. The first-order valence-electron chi connectivity index (χ1n) is 7.14. The molecule has 22 heavy (non-hydrogen) atoms. The molecule has 0 radical (unpaired) electrons. The Morgan fingerprint density at radius 3 is 2.05 bits per heavy atom. The molecule has 0 saturated heterocycles. The molecule has 0 bridgehead atoms. The largest absolute Gasteiger partial charge is 0.467 e. The molecule has 0 aliphatic carbocycles. The Kier molecular flexibility index (Phi) is 5.72. The monoisotopic (exact) mass is 297 g/mol. The Bertz CT molecular complexity index is 611. The van der Waals surface area contributed by atoms with Crippen LogP contribution in [-0.4, -0.2) is 25.0 Å². The summed E-state index contributed by atoms with van der Waals surface area (Å²) in [6.07, 6.45) is 0.650. The maximum atomic E-state index is 12.1. The van der Waals surface area contributed by atoms with E-state index in [0.717, 1.165) is 11.1 Å². The van der Waals surface area contributed by atoms with Gasteiger partial charge in [0.05, 0.1) is 13.5 Å². The van der Waals surface area contributed by atoms with E-state index in [0.29, 0.717) is 6.42 Å². The summed E-state index contributed by atoms with van der Waals surface area (Å²) in [6, 6.07) is 18.3. The van der Waals surface area contributed by atoms with Gasteiger partial charge >= 0.3 is 5.97 Å². The fourth-order valence-electron chi connectivity index (χ4n) is 2.21. The van der Waals surface area contributed by atoms with Gasteiger partial charge < -0.3 is 10.1 Å². The van der Waals surface area contributed by atoms with Gasteiger partial charge in [0.15, 0.2) is 0 Å². The molecule has 0 aliphatic rings. The topological polar surface area (TPSA) is 55.4 Å². The number of benzene rings is 2. The molecule has 1 N–H and O–H groups in total. The van der Waals surface area contributed by atoms with Crippen molar-refractivity contribution in [3.63, 3.8) is 0 Å². The van der Waals surface area contributed by atoms with E-state index in [1.807, 2.05) is 60.7 Å². The third kappa shape index (κ3) is 4.74. The third-order valence-electron chi connectivity index (χ3n) is 3.31. The van der Waals surface area contributed by atoms with E-state index in [2.05, 4.69) is 5.32 Å². The number of hydrogen-bond acceptors (Lipinski definition) is 3. The Morgan fingerprint density at radius 1 is 0.955 bits per heavy atom. The van der Waals surface area contributed by atoms with E-state index in [4.69, 9.17) is 4.74 Å². The highest BCUT2D eigenvalue weighted by molar-refractivity contribution is 5.85. The zero-order valence-corrected chi connectivity index (χ0v) is 12.5. The van der Waals surface area contributed by atoms with E-state index in [9.17, 15) is 9.59 Å². The maximum absolute atomic E-state index is 12.1. The number of rotatable bonds is 6. The predicted octanol–water partition coefficient (Wildman–Crippen LogP) is 2.13. The standard InChI is InChI=1S/C18H19NO3/c1-22-18(21)16(12-14-8-4-2-5-9-14)19-17(20)13-15-10-6-3-7-11-15/h2-11,16H,12-13H2,1H3,(H,19,20)/t16-/m1/s1. The molecule has 1 amide bonds. The molecule has 0 spiro atoms. The van der Waals surface area contributed by atoms with Gasteiger partial charge in [-0.1, -0.05) is 60.7 Å². The second-order valence-corrected chi connectivity index (χ2v) is 5.00. The summed E-state index contributed by atoms with van der Waals surface area (Å²) in [5.41, 5.74) is 1.88. The van der Waals surface area contributed by atoms with E-state index in [1.54, 1.807) is 0 Å². The second-order valence-electron chi connectivity index (χ2n) is 5.00. The van der Waals surface area contributed by atoms with Crippen molar-refractivity contribution >= 4 is 11.9 Å². The minimum Gasteiger partial charge on any atom is -0.467 e. The number of methoxy groups -OCH3 is 1. The lowest BCUT2D eigenvalue weighted by Crippen LogP contribution is -2.43. The zero-order chi connectivity index (χ0) is 15.8. The van der Waals surface area contributed by atoms with Crippen LogP contribution in [0.4, 0.5) is 0 Å². The summed E-state index contributed by atoms with van der Waals surface area (Å²) in [5, 5.41) is 2.75. The normalized spacial score (nSPS) is 11.5. The van der Waals surface area contributed by atoms with Gasteiger partial charge in [-0.15, -0.1) is 0 Å². The van der Waals surface area contributed by atoms with Crippen LogP contribution in [0.1, 0.15) is 11.1 Å². The predicted molar refractivity (Wildman–Crippen MR) is 84.2 cm³/mol. The Balaban J connectivity index is 2.00. The molecule has 0 unspecified atom stereocenters. The number of amides is 1. The van der Waals surface area contributed by atoms with Crippen molar-refractivity contribution in [1.82, 2.24) is 5.32 Å². The van der Waals surface area contributed by atoms with Crippen LogP contribution in [0, 0.1) is 0 Å². The number of carbonyl (C=O) groups excluding carboxylic acids is 2. The Morgan fingerprint density at radius 2 is 1.50 bits per heavy atom. The molecular weight excluding hydrogens is 278 g/mol. The van der Waals surface area contributed by atoms with Crippen LogP contribution in [0.25, 0.3) is 0 Å². The highest BCUT2D eigenvalue weighted by atomic mass is 16.5. The molecule has 1 atom stereocenters. The van der Waals surface area contributed by atoms with Crippen LogP contribution < -0.4 is 5.32 Å². The average Bonchev–Trinajstić information content (AvgIpc) is 2.55. The summed E-state index contributed by atoms with van der Waals surface area (Å²) in [7, 11) is 1.32. The minimum absolute atomic E-state index is 0.197.